The Morgan fingerprint density at radius 1 is 1.11 bits per heavy atom. The minimum atomic E-state index is -3.78. The molecule has 152 valence electrons. The van der Waals surface area contributed by atoms with Crippen molar-refractivity contribution < 1.29 is 13.5 Å². The van der Waals surface area contributed by atoms with E-state index in [-0.39, 0.29) is 24.0 Å². The normalized spacial score (nSPS) is 13.5. The van der Waals surface area contributed by atoms with Crippen LogP contribution < -0.4 is 0 Å². The molecule has 0 unspecified atom stereocenters. The van der Waals surface area contributed by atoms with E-state index in [0.29, 0.717) is 11.4 Å². The molecule has 1 atom stereocenters. The number of rotatable bonds is 9. The molecule has 0 heterocycles. The molecule has 0 amide bonds. The number of benzene rings is 2. The Kier molecular flexibility index (Phi) is 8.25. The predicted octanol–water partition coefficient (Wildman–Crippen LogP) is 4.76. The van der Waals surface area contributed by atoms with Gasteiger partial charge in [-0.2, -0.15) is 4.31 Å². The highest BCUT2D eigenvalue weighted by Gasteiger charge is 2.30. The summed E-state index contributed by atoms with van der Waals surface area (Å²) < 4.78 is 27.9. The molecule has 0 fully saturated rings. The maximum Gasteiger partial charge on any atom is 0.243 e. The summed E-state index contributed by atoms with van der Waals surface area (Å²) >= 11 is 5.91. The first kappa shape index (κ1) is 22.6. The average molecular weight is 422 g/mol. The summed E-state index contributed by atoms with van der Waals surface area (Å²) in [6.07, 6.45) is 4.32. The Morgan fingerprint density at radius 2 is 1.75 bits per heavy atom. The van der Waals surface area contributed by atoms with Crippen LogP contribution in [-0.2, 0) is 10.0 Å². The highest BCUT2D eigenvalue weighted by atomic mass is 35.5. The van der Waals surface area contributed by atoms with E-state index in [4.69, 9.17) is 11.6 Å². The molecule has 0 aliphatic rings. The van der Waals surface area contributed by atoms with Crippen molar-refractivity contribution in [1.29, 1.82) is 0 Å². The molecule has 0 spiro atoms. The molecule has 2 rings (SSSR count). The molecule has 0 saturated heterocycles. The van der Waals surface area contributed by atoms with E-state index in [1.807, 2.05) is 57.2 Å². The molecule has 0 aliphatic carbocycles. The second-order valence-corrected chi connectivity index (χ2v) is 9.58. The number of hydrogen-bond acceptors (Lipinski definition) is 3. The third-order valence-corrected chi connectivity index (χ3v) is 6.74. The minimum Gasteiger partial charge on any atom is -0.395 e. The van der Waals surface area contributed by atoms with Gasteiger partial charge in [0.05, 0.1) is 11.5 Å². The van der Waals surface area contributed by atoms with Gasteiger partial charge in [0.15, 0.2) is 0 Å². The lowest BCUT2D eigenvalue weighted by Crippen LogP contribution is -2.43. The van der Waals surface area contributed by atoms with Crippen LogP contribution in [0.1, 0.15) is 31.4 Å². The fourth-order valence-corrected chi connectivity index (χ4v) is 4.77. The van der Waals surface area contributed by atoms with Crippen LogP contribution in [0.2, 0.25) is 5.02 Å². The molecule has 0 aromatic heterocycles. The number of nitrogens with zero attached hydrogens (tertiary/aromatic N) is 1. The van der Waals surface area contributed by atoms with Crippen molar-refractivity contribution in [3.63, 3.8) is 0 Å². The SMILES string of the molecule is Cc1ccccc1/C=C/CN([C@@H](CO)CC(C)C)S(=O)(=O)c1ccc(Cl)cc1. The van der Waals surface area contributed by atoms with Crippen molar-refractivity contribution in [2.24, 2.45) is 5.92 Å². The Bertz CT molecular complexity index is 892. The van der Waals surface area contributed by atoms with Gasteiger partial charge >= 0.3 is 0 Å². The second-order valence-electron chi connectivity index (χ2n) is 7.25. The lowest BCUT2D eigenvalue weighted by atomic mass is 10.0. The van der Waals surface area contributed by atoms with Gasteiger partial charge in [0.2, 0.25) is 10.0 Å². The number of sulfonamides is 1. The van der Waals surface area contributed by atoms with E-state index < -0.39 is 16.1 Å². The van der Waals surface area contributed by atoms with Gasteiger partial charge in [0.25, 0.3) is 0 Å². The van der Waals surface area contributed by atoms with Crippen molar-refractivity contribution >= 4 is 27.7 Å². The van der Waals surface area contributed by atoms with Gasteiger partial charge in [-0.15, -0.1) is 0 Å². The average Bonchev–Trinajstić information content (AvgIpc) is 2.65. The molecular formula is C22H28ClNO3S. The monoisotopic (exact) mass is 421 g/mol. The van der Waals surface area contributed by atoms with Crippen LogP contribution in [-0.4, -0.2) is 37.0 Å². The Hall–Kier alpha value is -1.66. The zero-order valence-electron chi connectivity index (χ0n) is 16.5. The van der Waals surface area contributed by atoms with Gasteiger partial charge in [-0.3, -0.25) is 0 Å². The maximum atomic E-state index is 13.3. The first-order valence-electron chi connectivity index (χ1n) is 9.36. The highest BCUT2D eigenvalue weighted by molar-refractivity contribution is 7.89. The third kappa shape index (κ3) is 5.92. The zero-order chi connectivity index (χ0) is 20.7. The van der Waals surface area contributed by atoms with Gasteiger partial charge in [-0.05, 0) is 54.7 Å². The lowest BCUT2D eigenvalue weighted by Gasteiger charge is -2.30. The first-order chi connectivity index (χ1) is 13.3. The summed E-state index contributed by atoms with van der Waals surface area (Å²) in [6.45, 7) is 5.98. The van der Waals surface area contributed by atoms with Gasteiger partial charge in [-0.1, -0.05) is 61.9 Å². The summed E-state index contributed by atoms with van der Waals surface area (Å²) in [7, 11) is -3.78. The van der Waals surface area contributed by atoms with Gasteiger partial charge in [0, 0.05) is 17.6 Å². The number of aliphatic hydroxyl groups excluding tert-OH is 1. The summed E-state index contributed by atoms with van der Waals surface area (Å²) in [5.74, 6) is 0.250. The van der Waals surface area contributed by atoms with E-state index >= 15 is 0 Å². The lowest BCUT2D eigenvalue weighted by molar-refractivity contribution is 0.175. The van der Waals surface area contributed by atoms with Gasteiger partial charge in [0.1, 0.15) is 0 Å². The van der Waals surface area contributed by atoms with Crippen LogP contribution in [0.4, 0.5) is 0 Å². The van der Waals surface area contributed by atoms with E-state index in [2.05, 4.69) is 0 Å². The summed E-state index contributed by atoms with van der Waals surface area (Å²) in [5.41, 5.74) is 2.16. The zero-order valence-corrected chi connectivity index (χ0v) is 18.1. The molecule has 6 heteroatoms. The van der Waals surface area contributed by atoms with Crippen LogP contribution >= 0.6 is 11.6 Å². The highest BCUT2D eigenvalue weighted by Crippen LogP contribution is 2.23. The Morgan fingerprint density at radius 3 is 2.32 bits per heavy atom. The summed E-state index contributed by atoms with van der Waals surface area (Å²) in [4.78, 5) is 0.170. The van der Waals surface area contributed by atoms with Gasteiger partial charge in [-0.25, -0.2) is 8.42 Å². The Balaban J connectivity index is 2.36. The fraction of sp³-hybridized carbons (Fsp3) is 0.364. The summed E-state index contributed by atoms with van der Waals surface area (Å²) in [5, 5.41) is 10.4. The molecule has 4 nitrogen and oxygen atoms in total. The molecule has 1 N–H and O–H groups in total. The standard InChI is InChI=1S/C22H28ClNO3S/c1-17(2)15-21(16-25)24(14-6-9-19-8-5-4-7-18(19)3)28(26,27)22-12-10-20(23)11-13-22/h4-13,17,21,25H,14-16H2,1-3H3/b9-6+/t21-/m1/s1. The van der Waals surface area contributed by atoms with Crippen molar-refractivity contribution in [2.45, 2.75) is 38.1 Å². The number of aryl methyl sites for hydroxylation is 1. The van der Waals surface area contributed by atoms with Gasteiger partial charge < -0.3 is 5.11 Å². The largest absolute Gasteiger partial charge is 0.395 e. The third-order valence-electron chi connectivity index (χ3n) is 4.55. The molecular weight excluding hydrogens is 394 g/mol. The topological polar surface area (TPSA) is 57.6 Å². The number of aliphatic hydroxyl groups is 1. The van der Waals surface area contributed by atoms with E-state index in [1.54, 1.807) is 12.1 Å². The second kappa shape index (κ2) is 10.2. The molecule has 0 saturated carbocycles. The molecule has 28 heavy (non-hydrogen) atoms. The number of halogens is 1. The van der Waals surface area contributed by atoms with Crippen molar-refractivity contribution in [2.75, 3.05) is 13.2 Å². The van der Waals surface area contributed by atoms with Crippen LogP contribution in [0, 0.1) is 12.8 Å². The molecule has 2 aromatic carbocycles. The van der Waals surface area contributed by atoms with Crippen LogP contribution in [0.5, 0.6) is 0 Å². The fourth-order valence-electron chi connectivity index (χ4n) is 3.07. The van der Waals surface area contributed by atoms with Crippen LogP contribution in [0.15, 0.2) is 59.5 Å². The smallest absolute Gasteiger partial charge is 0.243 e. The van der Waals surface area contributed by atoms with E-state index in [9.17, 15) is 13.5 Å². The first-order valence-corrected chi connectivity index (χ1v) is 11.2. The number of hydrogen-bond donors (Lipinski definition) is 1. The van der Waals surface area contributed by atoms with E-state index in [1.165, 1.54) is 16.4 Å². The molecule has 0 bridgehead atoms. The quantitative estimate of drug-likeness (QED) is 0.635. The Labute approximate surface area is 173 Å². The van der Waals surface area contributed by atoms with E-state index in [0.717, 1.165) is 11.1 Å². The van der Waals surface area contributed by atoms with Crippen LogP contribution in [0.3, 0.4) is 0 Å². The van der Waals surface area contributed by atoms with Crippen LogP contribution in [0.25, 0.3) is 6.08 Å². The minimum absolute atomic E-state index is 0.170. The predicted molar refractivity (Wildman–Crippen MR) is 116 cm³/mol. The summed E-state index contributed by atoms with van der Waals surface area (Å²) in [6, 6.07) is 13.5. The van der Waals surface area contributed by atoms with Crippen molar-refractivity contribution in [1.82, 2.24) is 4.31 Å². The molecule has 0 radical (unpaired) electrons. The van der Waals surface area contributed by atoms with Crippen molar-refractivity contribution in [3.05, 3.63) is 70.8 Å². The van der Waals surface area contributed by atoms with Crippen molar-refractivity contribution in [3.8, 4) is 0 Å². The molecule has 0 aliphatic heterocycles. The molecule has 2 aromatic rings. The maximum absolute atomic E-state index is 13.3.